The molecule has 1 aliphatic heterocycles. The van der Waals surface area contributed by atoms with E-state index in [1.165, 1.54) is 12.8 Å². The number of hydrogen-bond donors (Lipinski definition) is 1. The summed E-state index contributed by atoms with van der Waals surface area (Å²) in [6.45, 7) is 4.58. The quantitative estimate of drug-likeness (QED) is 0.673. The van der Waals surface area contributed by atoms with Crippen LogP contribution in [0.4, 0.5) is 0 Å². The minimum Gasteiger partial charge on any atom is -0.472 e. The number of amides is 2. The van der Waals surface area contributed by atoms with Crippen LogP contribution >= 0.6 is 0 Å². The molecule has 3 aliphatic rings. The second-order valence-corrected chi connectivity index (χ2v) is 10.3. The van der Waals surface area contributed by atoms with Crippen molar-refractivity contribution in [2.75, 3.05) is 26.7 Å². The Bertz CT molecular complexity index is 958. The first-order valence-electron chi connectivity index (χ1n) is 12.7. The molecule has 1 aromatic rings. The number of likely N-dealkylation sites (N-methyl/N-ethyl adjacent to an activating group) is 1. The van der Waals surface area contributed by atoms with Crippen LogP contribution in [0.15, 0.2) is 12.3 Å². The number of fused-ring (bicyclic) bond motifs is 1. The van der Waals surface area contributed by atoms with Crippen LogP contribution in [0.1, 0.15) is 74.7 Å². The summed E-state index contributed by atoms with van der Waals surface area (Å²) in [5.41, 5.74) is 1.06. The predicted molar refractivity (Wildman–Crippen MR) is 129 cm³/mol. The first-order chi connectivity index (χ1) is 16.4. The number of hydrogen-bond acceptors (Lipinski definition) is 5. The fourth-order valence-corrected chi connectivity index (χ4v) is 4.97. The highest BCUT2D eigenvalue weighted by atomic mass is 16.5. The Labute approximate surface area is 202 Å². The summed E-state index contributed by atoms with van der Waals surface area (Å²) in [6.07, 6.45) is 9.06. The number of aliphatic hydroxyl groups is 1. The first kappa shape index (κ1) is 24.5. The van der Waals surface area contributed by atoms with E-state index >= 15 is 0 Å². The third kappa shape index (κ3) is 5.38. The lowest BCUT2D eigenvalue weighted by Gasteiger charge is -2.38. The molecular formula is C27H37N3O4. The first-order valence-corrected chi connectivity index (χ1v) is 12.7. The van der Waals surface area contributed by atoms with E-state index in [0.29, 0.717) is 30.1 Å². The smallest absolute Gasteiger partial charge is 0.259 e. The highest BCUT2D eigenvalue weighted by molar-refractivity contribution is 5.97. The van der Waals surface area contributed by atoms with Gasteiger partial charge < -0.3 is 19.6 Å². The Kier molecular flexibility index (Phi) is 7.77. The summed E-state index contributed by atoms with van der Waals surface area (Å²) < 4.78 is 6.30. The molecule has 7 heteroatoms. The van der Waals surface area contributed by atoms with E-state index < -0.39 is 0 Å². The molecule has 2 saturated carbocycles. The Balaban J connectivity index is 1.61. The highest BCUT2D eigenvalue weighted by Crippen LogP contribution is 2.30. The summed E-state index contributed by atoms with van der Waals surface area (Å²) >= 11 is 0. The van der Waals surface area contributed by atoms with Crippen molar-refractivity contribution in [2.45, 2.75) is 70.9 Å². The summed E-state index contributed by atoms with van der Waals surface area (Å²) in [5.74, 6) is 7.23. The van der Waals surface area contributed by atoms with Gasteiger partial charge in [-0.1, -0.05) is 38.0 Å². The Hall–Kier alpha value is -2.59. The van der Waals surface area contributed by atoms with Crippen LogP contribution in [0.25, 0.3) is 0 Å². The van der Waals surface area contributed by atoms with Crippen LogP contribution in [0.5, 0.6) is 5.88 Å². The minimum absolute atomic E-state index is 0.0497. The molecule has 4 rings (SSSR count). The topological polar surface area (TPSA) is 83.0 Å². The third-order valence-corrected chi connectivity index (χ3v) is 7.58. The Morgan fingerprint density at radius 2 is 2.03 bits per heavy atom. The van der Waals surface area contributed by atoms with Crippen LogP contribution in [-0.4, -0.2) is 70.6 Å². The van der Waals surface area contributed by atoms with Crippen LogP contribution < -0.4 is 4.74 Å². The molecule has 7 nitrogen and oxygen atoms in total. The van der Waals surface area contributed by atoms with Crippen molar-refractivity contribution in [3.8, 4) is 17.7 Å². The normalized spacial score (nSPS) is 24.1. The molecule has 2 aliphatic carbocycles. The number of pyridine rings is 1. The number of ether oxygens (including phenoxy) is 1. The van der Waals surface area contributed by atoms with Crippen molar-refractivity contribution < 1.29 is 19.4 Å². The summed E-state index contributed by atoms with van der Waals surface area (Å²) in [5, 5.41) is 9.82. The predicted octanol–water partition coefficient (Wildman–Crippen LogP) is 3.10. The molecule has 0 bridgehead atoms. The van der Waals surface area contributed by atoms with Gasteiger partial charge in [-0.25, -0.2) is 4.98 Å². The van der Waals surface area contributed by atoms with Gasteiger partial charge in [0.05, 0.1) is 19.2 Å². The lowest BCUT2D eigenvalue weighted by atomic mass is 9.84. The highest BCUT2D eigenvalue weighted by Gasteiger charge is 2.36. The van der Waals surface area contributed by atoms with Gasteiger partial charge in [0.25, 0.3) is 5.91 Å². The summed E-state index contributed by atoms with van der Waals surface area (Å²) in [4.78, 5) is 34.2. The van der Waals surface area contributed by atoms with Gasteiger partial charge in [-0.2, -0.15) is 0 Å². The van der Waals surface area contributed by atoms with Gasteiger partial charge in [0, 0.05) is 43.1 Å². The number of carbonyl (C=O) groups excluding carboxylic acids is 2. The molecule has 1 N–H and O–H groups in total. The minimum atomic E-state index is -0.343. The second kappa shape index (κ2) is 10.8. The second-order valence-electron chi connectivity index (χ2n) is 10.3. The average Bonchev–Trinajstić information content (AvgIpc) is 3.32. The van der Waals surface area contributed by atoms with Crippen molar-refractivity contribution in [1.29, 1.82) is 0 Å². The zero-order chi connectivity index (χ0) is 24.2. The maximum atomic E-state index is 13.5. The van der Waals surface area contributed by atoms with Crippen molar-refractivity contribution >= 4 is 11.8 Å². The molecule has 0 aromatic carbocycles. The fourth-order valence-electron chi connectivity index (χ4n) is 4.97. The molecule has 2 amide bonds. The maximum Gasteiger partial charge on any atom is 0.259 e. The van der Waals surface area contributed by atoms with E-state index in [2.05, 4.69) is 16.8 Å². The number of carbonyl (C=O) groups is 2. The zero-order valence-electron chi connectivity index (χ0n) is 20.6. The lowest BCUT2D eigenvalue weighted by Crippen LogP contribution is -2.51. The molecule has 2 fully saturated rings. The monoisotopic (exact) mass is 467 g/mol. The molecule has 34 heavy (non-hydrogen) atoms. The molecule has 0 spiro atoms. The number of rotatable bonds is 5. The number of nitrogens with zero attached hydrogens (tertiary/aromatic N) is 3. The van der Waals surface area contributed by atoms with E-state index in [4.69, 9.17) is 4.74 Å². The lowest BCUT2D eigenvalue weighted by molar-refractivity contribution is -0.138. The largest absolute Gasteiger partial charge is 0.472 e. The fraction of sp³-hybridized carbons (Fsp3) is 0.667. The van der Waals surface area contributed by atoms with Crippen molar-refractivity contribution in [3.63, 3.8) is 0 Å². The van der Waals surface area contributed by atoms with Crippen molar-refractivity contribution in [2.24, 2.45) is 17.8 Å². The molecule has 0 radical (unpaired) electrons. The zero-order valence-corrected chi connectivity index (χ0v) is 20.6. The van der Waals surface area contributed by atoms with Crippen LogP contribution in [-0.2, 0) is 4.79 Å². The van der Waals surface area contributed by atoms with E-state index in [-0.39, 0.29) is 48.3 Å². The van der Waals surface area contributed by atoms with Gasteiger partial charge in [-0.15, -0.1) is 0 Å². The maximum absolute atomic E-state index is 13.5. The van der Waals surface area contributed by atoms with Crippen molar-refractivity contribution in [3.05, 3.63) is 23.4 Å². The molecule has 0 saturated heterocycles. The van der Waals surface area contributed by atoms with E-state index in [9.17, 15) is 14.7 Å². The molecule has 0 unspecified atom stereocenters. The van der Waals surface area contributed by atoms with E-state index in [1.807, 2.05) is 20.9 Å². The van der Waals surface area contributed by atoms with Crippen LogP contribution in [0.3, 0.4) is 0 Å². The van der Waals surface area contributed by atoms with Gasteiger partial charge in [-0.05, 0) is 38.7 Å². The van der Waals surface area contributed by atoms with Gasteiger partial charge >= 0.3 is 0 Å². The molecule has 184 valence electrons. The number of aliphatic hydroxyl groups excluding tert-OH is 1. The Morgan fingerprint density at radius 3 is 2.68 bits per heavy atom. The van der Waals surface area contributed by atoms with Crippen LogP contribution in [0, 0.1) is 29.6 Å². The Morgan fingerprint density at radius 1 is 1.29 bits per heavy atom. The van der Waals surface area contributed by atoms with Crippen molar-refractivity contribution in [1.82, 2.24) is 14.8 Å². The molecule has 3 atom stereocenters. The van der Waals surface area contributed by atoms with Crippen LogP contribution in [0.2, 0.25) is 0 Å². The third-order valence-electron chi connectivity index (χ3n) is 7.58. The van der Waals surface area contributed by atoms with E-state index in [0.717, 1.165) is 32.1 Å². The van der Waals surface area contributed by atoms with Gasteiger partial charge in [0.15, 0.2) is 0 Å². The average molecular weight is 468 g/mol. The summed E-state index contributed by atoms with van der Waals surface area (Å²) in [7, 11) is 1.82. The standard InChI is InChI=1S/C27H37N3O4/c1-18-15-30(19(2)17-31)27(33)23-13-21(12-11-20-7-4-5-8-20)14-28-25(23)34-24(18)16-29(3)26(32)22-9-6-10-22/h13-14,18-20,22,24,31H,4-10,15-17H2,1-3H3/t18-,19+,24+/m1/s1. The van der Waals surface area contributed by atoms with Gasteiger partial charge in [-0.3, -0.25) is 9.59 Å². The van der Waals surface area contributed by atoms with Gasteiger partial charge in [0.2, 0.25) is 11.8 Å². The summed E-state index contributed by atoms with van der Waals surface area (Å²) in [6, 6.07) is 1.42. The number of aromatic nitrogens is 1. The molecule has 2 heterocycles. The molecule has 1 aromatic heterocycles. The van der Waals surface area contributed by atoms with E-state index in [1.54, 1.807) is 22.1 Å². The molecular weight excluding hydrogens is 430 g/mol. The van der Waals surface area contributed by atoms with Gasteiger partial charge in [0.1, 0.15) is 11.7 Å². The SMILES string of the molecule is C[C@@H]1CN([C@@H](C)CO)C(=O)c2cc(C#CC3CCCC3)cnc2O[C@H]1CN(C)C(=O)C1CCC1.